The summed E-state index contributed by atoms with van der Waals surface area (Å²) in [5.74, 6) is -0.900. The summed E-state index contributed by atoms with van der Waals surface area (Å²) in [4.78, 5) is 22.8. The van der Waals surface area contributed by atoms with E-state index in [9.17, 15) is 14.0 Å². The molecule has 0 fully saturated rings. The third-order valence-corrected chi connectivity index (χ3v) is 3.96. The summed E-state index contributed by atoms with van der Waals surface area (Å²) in [7, 11) is 0. The van der Waals surface area contributed by atoms with Crippen molar-refractivity contribution in [1.29, 1.82) is 0 Å². The zero-order valence-corrected chi connectivity index (χ0v) is 14.3. The van der Waals surface area contributed by atoms with Gasteiger partial charge in [0, 0.05) is 0 Å². The summed E-state index contributed by atoms with van der Waals surface area (Å²) in [6.07, 6.45) is 0.912. The lowest BCUT2D eigenvalue weighted by Crippen LogP contribution is -2.47. The molecule has 0 aromatic heterocycles. The molecule has 25 heavy (non-hydrogen) atoms. The molecule has 132 valence electrons. The largest absolute Gasteiger partial charge is 0.351 e. The Kier molecular flexibility index (Phi) is 6.25. The number of urea groups is 1. The lowest BCUT2D eigenvalue weighted by molar-refractivity contribution is -0.121. The van der Waals surface area contributed by atoms with E-state index in [0.717, 1.165) is 12.0 Å². The Labute approximate surface area is 146 Å². The van der Waals surface area contributed by atoms with Gasteiger partial charge >= 0.3 is 6.03 Å². The molecule has 6 heteroatoms. The molecule has 0 bridgehead atoms. The van der Waals surface area contributed by atoms with E-state index < -0.39 is 24.0 Å². The number of carbonyl (C=O) groups is 2. The third-order valence-electron chi connectivity index (χ3n) is 3.96. The van der Waals surface area contributed by atoms with Crippen LogP contribution in [0.5, 0.6) is 0 Å². The van der Waals surface area contributed by atoms with E-state index in [1.54, 1.807) is 19.1 Å². The first-order valence-electron chi connectivity index (χ1n) is 8.11. The highest BCUT2D eigenvalue weighted by Crippen LogP contribution is 2.24. The second-order valence-electron chi connectivity index (χ2n) is 5.83. The summed E-state index contributed by atoms with van der Waals surface area (Å²) < 4.78 is 13.7. The molecular formula is C19H22FN3O2. The molecule has 0 saturated heterocycles. The van der Waals surface area contributed by atoms with Crippen LogP contribution in [0.1, 0.15) is 36.6 Å². The Morgan fingerprint density at radius 2 is 1.80 bits per heavy atom. The molecule has 0 radical (unpaired) electrons. The van der Waals surface area contributed by atoms with Crippen molar-refractivity contribution < 1.29 is 14.0 Å². The molecule has 0 aliphatic rings. The van der Waals surface area contributed by atoms with Crippen LogP contribution in [0.3, 0.4) is 0 Å². The fraction of sp³-hybridized carbons (Fsp3) is 0.263. The van der Waals surface area contributed by atoms with E-state index in [-0.39, 0.29) is 5.82 Å². The van der Waals surface area contributed by atoms with E-state index in [1.807, 2.05) is 29.6 Å². The van der Waals surface area contributed by atoms with Crippen molar-refractivity contribution in [3.05, 3.63) is 71.0 Å². The minimum absolute atomic E-state index is 0.358. The molecule has 2 atom stereocenters. The molecule has 2 rings (SSSR count). The first kappa shape index (κ1) is 18.6. The number of benzene rings is 2. The van der Waals surface area contributed by atoms with Crippen LogP contribution in [-0.4, -0.2) is 18.0 Å². The van der Waals surface area contributed by atoms with Gasteiger partial charge in [-0.2, -0.15) is 0 Å². The number of imide groups is 1. The van der Waals surface area contributed by atoms with Crippen LogP contribution in [0, 0.1) is 5.82 Å². The summed E-state index contributed by atoms with van der Waals surface area (Å²) >= 11 is 0. The third kappa shape index (κ3) is 5.12. The van der Waals surface area contributed by atoms with Crippen molar-refractivity contribution in [1.82, 2.24) is 10.6 Å². The molecule has 0 spiro atoms. The summed E-state index contributed by atoms with van der Waals surface area (Å²) in [5, 5.41) is 5.18. The fourth-order valence-corrected chi connectivity index (χ4v) is 2.57. The highest BCUT2D eigenvalue weighted by molar-refractivity contribution is 5.96. The van der Waals surface area contributed by atoms with Gasteiger partial charge in [-0.1, -0.05) is 43.3 Å². The Morgan fingerprint density at radius 3 is 2.36 bits per heavy atom. The number of carbonyl (C=O) groups excluding carboxylic acids is 2. The standard InChI is InChI=1S/C19H22FN3O2/c1-3-13-7-9-14(10-8-13)17(15-5-4-6-16(20)11-15)22-12(2)18(24)23-19(21)25/h4-12,17,22H,3H2,1-2H3,(H3,21,23,24,25)/t12-,17+/m0/s1. The number of amides is 3. The molecule has 0 aliphatic carbocycles. The quantitative estimate of drug-likeness (QED) is 0.754. The lowest BCUT2D eigenvalue weighted by atomic mass is 9.96. The highest BCUT2D eigenvalue weighted by Gasteiger charge is 2.22. The van der Waals surface area contributed by atoms with Gasteiger partial charge in [0.2, 0.25) is 5.91 Å². The van der Waals surface area contributed by atoms with Crippen LogP contribution in [0.4, 0.5) is 9.18 Å². The Balaban J connectivity index is 2.31. The molecule has 0 aliphatic heterocycles. The summed E-state index contributed by atoms with van der Waals surface area (Å²) in [6.45, 7) is 3.68. The fourth-order valence-electron chi connectivity index (χ4n) is 2.57. The minimum atomic E-state index is -0.909. The van der Waals surface area contributed by atoms with Gasteiger partial charge in [0.1, 0.15) is 5.82 Å². The van der Waals surface area contributed by atoms with E-state index >= 15 is 0 Å². The number of halogens is 1. The maximum Gasteiger partial charge on any atom is 0.318 e. The van der Waals surface area contributed by atoms with E-state index in [2.05, 4.69) is 12.2 Å². The molecule has 4 N–H and O–H groups in total. The van der Waals surface area contributed by atoms with Gasteiger partial charge in [-0.25, -0.2) is 9.18 Å². The number of aryl methyl sites for hydroxylation is 1. The maximum absolute atomic E-state index is 13.7. The molecule has 2 aromatic rings. The Morgan fingerprint density at radius 1 is 1.12 bits per heavy atom. The molecule has 3 amide bonds. The van der Waals surface area contributed by atoms with Gasteiger partial charge in [0.05, 0.1) is 12.1 Å². The van der Waals surface area contributed by atoms with Gasteiger partial charge in [0.25, 0.3) is 0 Å². The zero-order chi connectivity index (χ0) is 18.4. The topological polar surface area (TPSA) is 84.2 Å². The van der Waals surface area contributed by atoms with Crippen LogP contribution in [0.15, 0.2) is 48.5 Å². The van der Waals surface area contributed by atoms with Crippen molar-refractivity contribution in [2.75, 3.05) is 0 Å². The number of primary amides is 1. The molecule has 0 heterocycles. The number of rotatable bonds is 6. The average molecular weight is 343 g/mol. The van der Waals surface area contributed by atoms with E-state index in [0.29, 0.717) is 5.56 Å². The Hall–Kier alpha value is -2.73. The van der Waals surface area contributed by atoms with Crippen LogP contribution >= 0.6 is 0 Å². The summed E-state index contributed by atoms with van der Waals surface area (Å²) in [5.41, 5.74) is 7.74. The molecular weight excluding hydrogens is 321 g/mol. The van der Waals surface area contributed by atoms with Gasteiger partial charge in [-0.15, -0.1) is 0 Å². The zero-order valence-electron chi connectivity index (χ0n) is 14.3. The molecule has 0 saturated carbocycles. The molecule has 5 nitrogen and oxygen atoms in total. The molecule has 0 unspecified atom stereocenters. The van der Waals surface area contributed by atoms with Crippen molar-refractivity contribution in [2.45, 2.75) is 32.4 Å². The number of nitrogens with one attached hydrogen (secondary N) is 2. The van der Waals surface area contributed by atoms with Gasteiger partial charge < -0.3 is 5.73 Å². The van der Waals surface area contributed by atoms with E-state index in [4.69, 9.17) is 5.73 Å². The average Bonchev–Trinajstić information content (AvgIpc) is 2.59. The van der Waals surface area contributed by atoms with Crippen molar-refractivity contribution in [2.24, 2.45) is 5.73 Å². The predicted molar refractivity (Wildman–Crippen MR) is 94.4 cm³/mol. The number of hydrogen-bond donors (Lipinski definition) is 3. The van der Waals surface area contributed by atoms with Gasteiger partial charge in [-0.05, 0) is 42.2 Å². The van der Waals surface area contributed by atoms with Gasteiger partial charge in [-0.3, -0.25) is 15.4 Å². The monoisotopic (exact) mass is 343 g/mol. The predicted octanol–water partition coefficient (Wildman–Crippen LogP) is 2.65. The van der Waals surface area contributed by atoms with Crippen LogP contribution in [0.25, 0.3) is 0 Å². The minimum Gasteiger partial charge on any atom is -0.351 e. The highest BCUT2D eigenvalue weighted by atomic mass is 19.1. The normalized spacial score (nSPS) is 13.1. The van der Waals surface area contributed by atoms with Crippen molar-refractivity contribution >= 4 is 11.9 Å². The second-order valence-corrected chi connectivity index (χ2v) is 5.83. The summed E-state index contributed by atoms with van der Waals surface area (Å²) in [6, 6.07) is 12.1. The van der Waals surface area contributed by atoms with Crippen molar-refractivity contribution in [3.8, 4) is 0 Å². The van der Waals surface area contributed by atoms with Crippen molar-refractivity contribution in [3.63, 3.8) is 0 Å². The SMILES string of the molecule is CCc1ccc([C@@H](N[C@@H](C)C(=O)NC(N)=O)c2cccc(F)c2)cc1. The lowest BCUT2D eigenvalue weighted by Gasteiger charge is -2.24. The molecule has 2 aromatic carbocycles. The first-order valence-corrected chi connectivity index (χ1v) is 8.11. The van der Waals surface area contributed by atoms with Crippen LogP contribution in [0.2, 0.25) is 0 Å². The number of hydrogen-bond acceptors (Lipinski definition) is 3. The van der Waals surface area contributed by atoms with Crippen LogP contribution in [-0.2, 0) is 11.2 Å². The van der Waals surface area contributed by atoms with Gasteiger partial charge in [0.15, 0.2) is 0 Å². The Bertz CT molecular complexity index is 747. The number of nitrogens with two attached hydrogens (primary N) is 1. The first-order chi connectivity index (χ1) is 11.9. The smallest absolute Gasteiger partial charge is 0.318 e. The second kappa shape index (κ2) is 8.39. The van der Waals surface area contributed by atoms with Crippen LogP contribution < -0.4 is 16.4 Å². The van der Waals surface area contributed by atoms with E-state index in [1.165, 1.54) is 17.7 Å². The maximum atomic E-state index is 13.7.